The van der Waals surface area contributed by atoms with Gasteiger partial charge >= 0.3 is 0 Å². The smallest absolute Gasteiger partial charge is 0.258 e. The Morgan fingerprint density at radius 1 is 0.960 bits per heavy atom. The second kappa shape index (κ2) is 8.39. The van der Waals surface area contributed by atoms with E-state index >= 15 is 0 Å². The molecule has 0 saturated carbocycles. The number of nitrogens with zero attached hydrogens (tertiary/aromatic N) is 3. The van der Waals surface area contributed by atoms with E-state index in [0.717, 1.165) is 38.9 Å². The molecule has 4 rings (SSSR count). The number of carbonyl (C=O) groups excluding carboxylic acids is 2. The third-order valence-corrected chi connectivity index (χ3v) is 5.82. The number of ether oxygens (including phenoxy) is 1. The van der Waals surface area contributed by atoms with Crippen molar-refractivity contribution in [1.29, 1.82) is 0 Å². The van der Waals surface area contributed by atoms with Crippen molar-refractivity contribution >= 4 is 36.6 Å². The maximum atomic E-state index is 13.1. The van der Waals surface area contributed by atoms with Crippen molar-refractivity contribution in [1.82, 2.24) is 20.2 Å². The predicted molar refractivity (Wildman–Crippen MR) is 97.9 cm³/mol. The Morgan fingerprint density at radius 3 is 2.16 bits per heavy atom. The van der Waals surface area contributed by atoms with E-state index in [-0.39, 0.29) is 36.6 Å². The van der Waals surface area contributed by atoms with Gasteiger partial charge < -0.3 is 10.1 Å². The fourth-order valence-corrected chi connectivity index (χ4v) is 4.57. The molecule has 0 atom stereocenters. The fourth-order valence-electron chi connectivity index (χ4n) is 4.57. The molecule has 0 radical (unpaired) electrons. The molecule has 0 aromatic rings. The summed E-state index contributed by atoms with van der Waals surface area (Å²) in [5.41, 5.74) is -0.833. The average molecular weight is 395 g/mol. The number of piperidine rings is 2. The van der Waals surface area contributed by atoms with Crippen molar-refractivity contribution in [3.63, 3.8) is 0 Å². The summed E-state index contributed by atoms with van der Waals surface area (Å²) in [5.74, 6) is 0.0123. The van der Waals surface area contributed by atoms with Gasteiger partial charge in [-0.25, -0.2) is 10.0 Å². The lowest BCUT2D eigenvalue weighted by Crippen LogP contribution is -2.55. The number of fused-ring (bicyclic) bond motifs is 1. The van der Waals surface area contributed by atoms with Gasteiger partial charge in [-0.2, -0.15) is 0 Å². The molecule has 2 amide bonds. The molecule has 25 heavy (non-hydrogen) atoms. The molecule has 144 valence electrons. The summed E-state index contributed by atoms with van der Waals surface area (Å²) in [5, 5.41) is 6.70. The van der Waals surface area contributed by atoms with E-state index < -0.39 is 5.41 Å². The van der Waals surface area contributed by atoms with Crippen molar-refractivity contribution < 1.29 is 14.3 Å². The molecule has 4 saturated heterocycles. The SMILES string of the molecule is Cl.Cl.O=C1N2CCOCCN2C(=O)C12CCCN(C1CCNCC1)C2. The third kappa shape index (κ3) is 3.49. The Bertz CT molecular complexity index is 478. The number of hydrogen-bond acceptors (Lipinski definition) is 5. The van der Waals surface area contributed by atoms with Crippen molar-refractivity contribution in [3.05, 3.63) is 0 Å². The minimum Gasteiger partial charge on any atom is -0.378 e. The van der Waals surface area contributed by atoms with E-state index in [0.29, 0.717) is 45.3 Å². The van der Waals surface area contributed by atoms with Crippen LogP contribution >= 0.6 is 24.8 Å². The maximum absolute atomic E-state index is 13.1. The third-order valence-electron chi connectivity index (χ3n) is 5.82. The average Bonchev–Trinajstić information content (AvgIpc) is 2.80. The van der Waals surface area contributed by atoms with Crippen molar-refractivity contribution in [2.45, 2.75) is 31.7 Å². The zero-order valence-electron chi connectivity index (χ0n) is 14.4. The highest BCUT2D eigenvalue weighted by molar-refractivity contribution is 6.10. The maximum Gasteiger partial charge on any atom is 0.258 e. The summed E-state index contributed by atoms with van der Waals surface area (Å²) in [7, 11) is 0. The Hall–Kier alpha value is -0.600. The van der Waals surface area contributed by atoms with Crippen LogP contribution < -0.4 is 5.32 Å². The molecule has 4 fully saturated rings. The molecule has 1 spiro atoms. The summed E-state index contributed by atoms with van der Waals surface area (Å²) in [4.78, 5) is 28.6. The number of hydrogen-bond donors (Lipinski definition) is 1. The zero-order chi connectivity index (χ0) is 15.9. The van der Waals surface area contributed by atoms with Crippen LogP contribution in [0, 0.1) is 5.41 Å². The number of amides is 2. The number of halogens is 2. The first-order valence-electron chi connectivity index (χ1n) is 8.89. The summed E-state index contributed by atoms with van der Waals surface area (Å²) in [6.07, 6.45) is 3.85. The predicted octanol–water partition coefficient (Wildman–Crippen LogP) is 0.280. The van der Waals surface area contributed by atoms with Gasteiger partial charge in [0, 0.05) is 12.6 Å². The molecule has 0 bridgehead atoms. The number of carbonyl (C=O) groups is 2. The molecule has 0 aromatic heterocycles. The fraction of sp³-hybridized carbons (Fsp3) is 0.875. The monoisotopic (exact) mass is 394 g/mol. The van der Waals surface area contributed by atoms with Crippen molar-refractivity contribution in [2.75, 3.05) is 52.5 Å². The van der Waals surface area contributed by atoms with Gasteiger partial charge in [0.2, 0.25) is 0 Å². The van der Waals surface area contributed by atoms with E-state index in [1.165, 1.54) is 0 Å². The highest BCUT2D eigenvalue weighted by Crippen LogP contribution is 2.41. The van der Waals surface area contributed by atoms with Gasteiger partial charge in [0.15, 0.2) is 0 Å². The largest absolute Gasteiger partial charge is 0.378 e. The normalized spacial score (nSPS) is 27.5. The van der Waals surface area contributed by atoms with Crippen molar-refractivity contribution in [2.24, 2.45) is 5.41 Å². The summed E-state index contributed by atoms with van der Waals surface area (Å²) >= 11 is 0. The van der Waals surface area contributed by atoms with E-state index in [9.17, 15) is 9.59 Å². The van der Waals surface area contributed by atoms with Crippen LogP contribution in [0.5, 0.6) is 0 Å². The quantitative estimate of drug-likeness (QED) is 0.647. The second-order valence-electron chi connectivity index (χ2n) is 7.11. The van der Waals surface area contributed by atoms with Crippen molar-refractivity contribution in [3.8, 4) is 0 Å². The summed E-state index contributed by atoms with van der Waals surface area (Å²) < 4.78 is 5.41. The summed E-state index contributed by atoms with van der Waals surface area (Å²) in [6.45, 7) is 5.71. The minimum atomic E-state index is -0.833. The molecular formula is C16H28Cl2N4O3. The molecular weight excluding hydrogens is 367 g/mol. The highest BCUT2D eigenvalue weighted by Gasteiger charge is 2.60. The Labute approximate surface area is 161 Å². The minimum absolute atomic E-state index is 0. The van der Waals surface area contributed by atoms with Gasteiger partial charge in [-0.3, -0.25) is 14.5 Å². The molecule has 0 unspecified atom stereocenters. The Balaban J connectivity index is 0.00000113. The van der Waals surface area contributed by atoms with E-state index in [4.69, 9.17) is 4.74 Å². The number of likely N-dealkylation sites (tertiary alicyclic amines) is 1. The first kappa shape index (κ1) is 20.7. The molecule has 1 N–H and O–H groups in total. The number of nitrogens with one attached hydrogen (secondary N) is 1. The van der Waals surface area contributed by atoms with Gasteiger partial charge in [-0.15, -0.1) is 24.8 Å². The summed E-state index contributed by atoms with van der Waals surface area (Å²) in [6, 6.07) is 0.507. The zero-order valence-corrected chi connectivity index (χ0v) is 16.1. The van der Waals surface area contributed by atoms with Crippen LogP contribution in [0.3, 0.4) is 0 Å². The molecule has 4 heterocycles. The first-order chi connectivity index (χ1) is 11.2. The van der Waals surface area contributed by atoms with Crippen LogP contribution in [0.25, 0.3) is 0 Å². The lowest BCUT2D eigenvalue weighted by molar-refractivity contribution is -0.145. The van der Waals surface area contributed by atoms with Gasteiger partial charge in [0.1, 0.15) is 5.41 Å². The standard InChI is InChI=1S/C16H26N4O3.2ClH/c21-14-16(15(22)20-9-11-23-10-8-19(14)20)4-1-7-18(12-16)13-2-5-17-6-3-13;;/h13,17H,1-12H2;2*1H. The Morgan fingerprint density at radius 2 is 1.56 bits per heavy atom. The lowest BCUT2D eigenvalue weighted by atomic mass is 9.78. The van der Waals surface area contributed by atoms with Crippen LogP contribution in [-0.4, -0.2) is 85.3 Å². The van der Waals surface area contributed by atoms with Gasteiger partial charge in [-0.05, 0) is 45.3 Å². The van der Waals surface area contributed by atoms with E-state index in [1.54, 1.807) is 10.0 Å². The molecule has 4 aliphatic heterocycles. The first-order valence-corrected chi connectivity index (χ1v) is 8.89. The van der Waals surface area contributed by atoms with E-state index in [2.05, 4.69) is 10.2 Å². The van der Waals surface area contributed by atoms with Gasteiger partial charge in [-0.1, -0.05) is 0 Å². The van der Waals surface area contributed by atoms with Gasteiger partial charge in [0.25, 0.3) is 11.8 Å². The molecule has 0 aromatic carbocycles. The van der Waals surface area contributed by atoms with Crippen LogP contribution in [0.1, 0.15) is 25.7 Å². The second-order valence-corrected chi connectivity index (χ2v) is 7.11. The highest BCUT2D eigenvalue weighted by atomic mass is 35.5. The van der Waals surface area contributed by atoms with Crippen LogP contribution in [0.4, 0.5) is 0 Å². The topological polar surface area (TPSA) is 65.1 Å². The van der Waals surface area contributed by atoms with E-state index in [1.807, 2.05) is 0 Å². The van der Waals surface area contributed by atoms with Crippen LogP contribution in [0.15, 0.2) is 0 Å². The molecule has 9 heteroatoms. The molecule has 4 aliphatic rings. The number of rotatable bonds is 1. The molecule has 0 aliphatic carbocycles. The number of hydrazine groups is 1. The van der Waals surface area contributed by atoms with Crippen LogP contribution in [-0.2, 0) is 14.3 Å². The van der Waals surface area contributed by atoms with Crippen LogP contribution in [0.2, 0.25) is 0 Å². The Kier molecular flexibility index (Phi) is 6.95. The molecule has 7 nitrogen and oxygen atoms in total. The van der Waals surface area contributed by atoms with Gasteiger partial charge in [0.05, 0.1) is 26.3 Å². The lowest BCUT2D eigenvalue weighted by Gasteiger charge is -2.42.